The Labute approximate surface area is 180 Å². The molecule has 166 valence electrons. The molecular weight excluding hydrogens is 356 g/mol. The minimum absolute atomic E-state index is 0.141. The van der Waals surface area contributed by atoms with E-state index in [0.29, 0.717) is 0 Å². The van der Waals surface area contributed by atoms with Crippen molar-refractivity contribution < 1.29 is 9.53 Å². The summed E-state index contributed by atoms with van der Waals surface area (Å²) in [5, 5.41) is 0. The van der Waals surface area contributed by atoms with Crippen LogP contribution in [0.2, 0.25) is 0 Å². The maximum Gasteiger partial charge on any atom is 0.331 e. The third-order valence-corrected chi connectivity index (χ3v) is 7.21. The van der Waals surface area contributed by atoms with E-state index in [1.54, 1.807) is 6.08 Å². The van der Waals surface area contributed by atoms with Crippen molar-refractivity contribution in [1.82, 2.24) is 0 Å². The molecule has 2 rings (SSSR count). The standard InChI is InChI=1S/C27H46O2/c1-3-5-7-9-11-13-23-15-17-24(18-16-23)25-19-21-26(22-20-25)29-27(28)14-12-10-8-6-4-2/h8,10,12,14,23-26H,3-7,9,11,13,15-22H2,1-2H3. The van der Waals surface area contributed by atoms with Crippen LogP contribution in [-0.2, 0) is 9.53 Å². The minimum atomic E-state index is -0.172. The second kappa shape index (κ2) is 14.9. The van der Waals surface area contributed by atoms with E-state index < -0.39 is 0 Å². The Morgan fingerprint density at radius 3 is 2.10 bits per heavy atom. The molecule has 0 atom stereocenters. The van der Waals surface area contributed by atoms with E-state index in [1.165, 1.54) is 77.0 Å². The summed E-state index contributed by atoms with van der Waals surface area (Å²) in [6.45, 7) is 4.45. The molecule has 0 heterocycles. The van der Waals surface area contributed by atoms with Crippen LogP contribution < -0.4 is 0 Å². The normalized spacial score (nSPS) is 28.2. The van der Waals surface area contributed by atoms with Crippen LogP contribution in [0.5, 0.6) is 0 Å². The molecule has 0 aromatic carbocycles. The average molecular weight is 403 g/mol. The SMILES string of the molecule is CCCC=CC=CC(=O)OC1CCC(C2CCC(CCCCCCC)CC2)CC1. The first-order chi connectivity index (χ1) is 14.2. The van der Waals surface area contributed by atoms with Crippen LogP contribution in [0.4, 0.5) is 0 Å². The van der Waals surface area contributed by atoms with Crippen LogP contribution in [0.15, 0.2) is 24.3 Å². The van der Waals surface area contributed by atoms with Gasteiger partial charge in [-0.15, -0.1) is 0 Å². The highest BCUT2D eigenvalue weighted by Crippen LogP contribution is 2.41. The molecule has 2 fully saturated rings. The van der Waals surface area contributed by atoms with Crippen LogP contribution >= 0.6 is 0 Å². The molecule has 2 heteroatoms. The highest BCUT2D eigenvalue weighted by Gasteiger charge is 2.31. The highest BCUT2D eigenvalue weighted by molar-refractivity contribution is 5.82. The summed E-state index contributed by atoms with van der Waals surface area (Å²) in [4.78, 5) is 12.0. The lowest BCUT2D eigenvalue weighted by Crippen LogP contribution is -2.29. The van der Waals surface area contributed by atoms with E-state index in [1.807, 2.05) is 12.2 Å². The van der Waals surface area contributed by atoms with Crippen molar-refractivity contribution in [3.8, 4) is 0 Å². The Morgan fingerprint density at radius 2 is 1.45 bits per heavy atom. The van der Waals surface area contributed by atoms with Gasteiger partial charge in [0.25, 0.3) is 0 Å². The largest absolute Gasteiger partial charge is 0.459 e. The molecule has 0 unspecified atom stereocenters. The molecule has 29 heavy (non-hydrogen) atoms. The Morgan fingerprint density at radius 1 is 0.793 bits per heavy atom. The average Bonchev–Trinajstić information content (AvgIpc) is 2.74. The van der Waals surface area contributed by atoms with E-state index in [0.717, 1.165) is 43.4 Å². The number of hydrogen-bond donors (Lipinski definition) is 0. The molecule has 0 N–H and O–H groups in total. The topological polar surface area (TPSA) is 26.3 Å². The number of esters is 1. The summed E-state index contributed by atoms with van der Waals surface area (Å²) in [6, 6.07) is 0. The van der Waals surface area contributed by atoms with E-state index >= 15 is 0 Å². The maximum absolute atomic E-state index is 12.0. The summed E-state index contributed by atoms with van der Waals surface area (Å²) in [5.41, 5.74) is 0. The zero-order valence-electron chi connectivity index (χ0n) is 19.2. The summed E-state index contributed by atoms with van der Waals surface area (Å²) in [5.74, 6) is 2.65. The van der Waals surface area contributed by atoms with Gasteiger partial charge in [0.15, 0.2) is 0 Å². The van der Waals surface area contributed by atoms with E-state index in [9.17, 15) is 4.79 Å². The Bertz CT molecular complexity index is 477. The zero-order valence-corrected chi connectivity index (χ0v) is 19.2. The van der Waals surface area contributed by atoms with Crippen LogP contribution in [0.25, 0.3) is 0 Å². The number of allylic oxidation sites excluding steroid dienone is 3. The fourth-order valence-electron chi connectivity index (χ4n) is 5.34. The molecule has 2 saturated carbocycles. The molecule has 0 radical (unpaired) electrons. The van der Waals surface area contributed by atoms with Crippen molar-refractivity contribution in [2.24, 2.45) is 17.8 Å². The van der Waals surface area contributed by atoms with Gasteiger partial charge in [0.2, 0.25) is 0 Å². The van der Waals surface area contributed by atoms with Crippen LogP contribution in [0.1, 0.15) is 117 Å². The van der Waals surface area contributed by atoms with Gasteiger partial charge in [0, 0.05) is 6.08 Å². The lowest BCUT2D eigenvalue weighted by Gasteiger charge is -2.37. The van der Waals surface area contributed by atoms with Crippen molar-refractivity contribution in [3.05, 3.63) is 24.3 Å². The van der Waals surface area contributed by atoms with Crippen LogP contribution in [0.3, 0.4) is 0 Å². The van der Waals surface area contributed by atoms with Gasteiger partial charge in [-0.25, -0.2) is 4.79 Å². The first-order valence-electron chi connectivity index (χ1n) is 12.8. The molecule has 0 saturated heterocycles. The maximum atomic E-state index is 12.0. The fraction of sp³-hybridized carbons (Fsp3) is 0.815. The smallest absolute Gasteiger partial charge is 0.331 e. The van der Waals surface area contributed by atoms with Crippen LogP contribution in [0, 0.1) is 17.8 Å². The third-order valence-electron chi connectivity index (χ3n) is 7.21. The lowest BCUT2D eigenvalue weighted by atomic mass is 9.70. The Balaban J connectivity index is 1.57. The number of carbonyl (C=O) groups excluding carboxylic acids is 1. The summed E-state index contributed by atoms with van der Waals surface area (Å²) in [7, 11) is 0. The molecule has 0 aliphatic heterocycles. The number of ether oxygens (including phenoxy) is 1. The first kappa shape index (κ1) is 24.2. The summed E-state index contributed by atoms with van der Waals surface area (Å²) in [6.07, 6.45) is 28.8. The van der Waals surface area contributed by atoms with Gasteiger partial charge in [-0.05, 0) is 62.7 Å². The second-order valence-electron chi connectivity index (χ2n) is 9.53. The number of rotatable bonds is 12. The van der Waals surface area contributed by atoms with Gasteiger partial charge in [-0.3, -0.25) is 0 Å². The molecule has 2 aliphatic carbocycles. The molecular formula is C27H46O2. The van der Waals surface area contributed by atoms with Gasteiger partial charge in [-0.2, -0.15) is 0 Å². The molecule has 0 aromatic rings. The number of carbonyl (C=O) groups is 1. The van der Waals surface area contributed by atoms with E-state index in [2.05, 4.69) is 19.9 Å². The van der Waals surface area contributed by atoms with E-state index in [4.69, 9.17) is 4.74 Å². The Kier molecular flexibility index (Phi) is 12.4. The van der Waals surface area contributed by atoms with Gasteiger partial charge in [0.05, 0.1) is 0 Å². The van der Waals surface area contributed by atoms with Gasteiger partial charge in [0.1, 0.15) is 6.10 Å². The van der Waals surface area contributed by atoms with Gasteiger partial charge in [-0.1, -0.05) is 89.9 Å². The van der Waals surface area contributed by atoms with Crippen LogP contribution in [-0.4, -0.2) is 12.1 Å². The predicted molar refractivity (Wildman–Crippen MR) is 124 cm³/mol. The van der Waals surface area contributed by atoms with Crippen molar-refractivity contribution in [2.45, 2.75) is 123 Å². The number of unbranched alkanes of at least 4 members (excludes halogenated alkanes) is 5. The van der Waals surface area contributed by atoms with Crippen molar-refractivity contribution in [1.29, 1.82) is 0 Å². The monoisotopic (exact) mass is 402 g/mol. The van der Waals surface area contributed by atoms with Gasteiger partial charge < -0.3 is 4.74 Å². The quantitative estimate of drug-likeness (QED) is 0.142. The molecule has 0 amide bonds. The molecule has 2 nitrogen and oxygen atoms in total. The molecule has 0 aromatic heterocycles. The predicted octanol–water partition coefficient (Wildman–Crippen LogP) is 8.17. The van der Waals surface area contributed by atoms with Crippen molar-refractivity contribution >= 4 is 5.97 Å². The lowest BCUT2D eigenvalue weighted by molar-refractivity contribution is -0.145. The summed E-state index contributed by atoms with van der Waals surface area (Å²) >= 11 is 0. The second-order valence-corrected chi connectivity index (χ2v) is 9.53. The molecule has 0 bridgehead atoms. The fourth-order valence-corrected chi connectivity index (χ4v) is 5.34. The number of hydrogen-bond acceptors (Lipinski definition) is 2. The minimum Gasteiger partial charge on any atom is -0.459 e. The van der Waals surface area contributed by atoms with Gasteiger partial charge >= 0.3 is 5.97 Å². The Hall–Kier alpha value is -1.05. The molecule has 0 spiro atoms. The van der Waals surface area contributed by atoms with E-state index in [-0.39, 0.29) is 12.1 Å². The zero-order chi connectivity index (χ0) is 20.7. The summed E-state index contributed by atoms with van der Waals surface area (Å²) < 4.78 is 5.66. The van der Waals surface area contributed by atoms with Crippen molar-refractivity contribution in [2.75, 3.05) is 0 Å². The van der Waals surface area contributed by atoms with Crippen molar-refractivity contribution in [3.63, 3.8) is 0 Å². The third kappa shape index (κ3) is 10.0. The first-order valence-corrected chi connectivity index (χ1v) is 12.8. The highest BCUT2D eigenvalue weighted by atomic mass is 16.5. The molecule has 2 aliphatic rings.